The van der Waals surface area contributed by atoms with Crippen LogP contribution in [0.3, 0.4) is 0 Å². The summed E-state index contributed by atoms with van der Waals surface area (Å²) < 4.78 is 26.2. The van der Waals surface area contributed by atoms with Crippen LogP contribution in [0, 0.1) is 0 Å². The van der Waals surface area contributed by atoms with Crippen molar-refractivity contribution in [2.75, 3.05) is 5.32 Å². The molecule has 0 amide bonds. The molecule has 3 aromatic rings. The zero-order valence-electron chi connectivity index (χ0n) is 15.5. The average molecular weight is 397 g/mol. The average Bonchev–Trinajstić information content (AvgIpc) is 3.29. The van der Waals surface area contributed by atoms with Gasteiger partial charge < -0.3 is 15.6 Å². The van der Waals surface area contributed by atoms with Crippen molar-refractivity contribution in [3.8, 4) is 0 Å². The van der Waals surface area contributed by atoms with Crippen LogP contribution >= 0.6 is 0 Å². The van der Waals surface area contributed by atoms with E-state index in [-0.39, 0.29) is 18.8 Å². The Balaban J connectivity index is 1.27. The third-order valence-corrected chi connectivity index (χ3v) is 5.43. The van der Waals surface area contributed by atoms with Gasteiger partial charge in [0.05, 0.1) is 0 Å². The van der Waals surface area contributed by atoms with Crippen LogP contribution in [-0.2, 0) is 6.42 Å². The third kappa shape index (κ3) is 3.49. The van der Waals surface area contributed by atoms with E-state index >= 15 is 0 Å². The zero-order chi connectivity index (χ0) is 20.1. The monoisotopic (exact) mass is 397 g/mol. The van der Waals surface area contributed by atoms with E-state index < -0.39 is 11.7 Å². The van der Waals surface area contributed by atoms with Gasteiger partial charge in [-0.1, -0.05) is 12.1 Å². The van der Waals surface area contributed by atoms with Crippen LogP contribution in [-0.4, -0.2) is 33.1 Å². The minimum absolute atomic E-state index is 0.140. The molecule has 1 aromatic carbocycles. The quantitative estimate of drug-likeness (QED) is 0.456. The Bertz CT molecular complexity index is 1100. The van der Waals surface area contributed by atoms with Crippen molar-refractivity contribution in [2.45, 2.75) is 36.9 Å². The molecule has 0 radical (unpaired) electrons. The van der Waals surface area contributed by atoms with Gasteiger partial charge in [-0.15, -0.1) is 0 Å². The minimum Gasteiger partial charge on any atom is -0.361 e. The number of aliphatic imine (C=N–C) groups is 1. The van der Waals surface area contributed by atoms with E-state index in [9.17, 15) is 8.78 Å². The van der Waals surface area contributed by atoms with Crippen molar-refractivity contribution in [3.63, 3.8) is 0 Å². The molecule has 2 aromatic heterocycles. The lowest BCUT2D eigenvalue weighted by Gasteiger charge is -2.33. The van der Waals surface area contributed by atoms with Gasteiger partial charge in [-0.3, -0.25) is 15.8 Å². The van der Waals surface area contributed by atoms with Crippen molar-refractivity contribution in [2.24, 2.45) is 10.7 Å². The maximum absolute atomic E-state index is 13.1. The summed E-state index contributed by atoms with van der Waals surface area (Å²) >= 11 is 0. The number of rotatable bonds is 5. The van der Waals surface area contributed by atoms with Crippen molar-refractivity contribution in [3.05, 3.63) is 59.7 Å². The molecule has 0 saturated heterocycles. The van der Waals surface area contributed by atoms with Crippen LogP contribution in [0.25, 0.3) is 10.9 Å². The molecular formula is C20H21F2N7. The van der Waals surface area contributed by atoms with Gasteiger partial charge >= 0.3 is 0 Å². The van der Waals surface area contributed by atoms with Crippen LogP contribution in [0.4, 0.5) is 14.6 Å². The molecule has 1 saturated carbocycles. The third-order valence-electron chi connectivity index (χ3n) is 5.43. The van der Waals surface area contributed by atoms with Crippen molar-refractivity contribution < 1.29 is 8.78 Å². The number of anilines is 1. The van der Waals surface area contributed by atoms with E-state index in [1.54, 1.807) is 18.4 Å². The Kier molecular flexibility index (Phi) is 3.95. The fourth-order valence-electron chi connectivity index (χ4n) is 3.94. The Labute approximate surface area is 165 Å². The van der Waals surface area contributed by atoms with Gasteiger partial charge in [0.2, 0.25) is 5.92 Å². The van der Waals surface area contributed by atoms with Crippen LogP contribution in [0.15, 0.2) is 53.4 Å². The highest BCUT2D eigenvalue weighted by Crippen LogP contribution is 2.47. The lowest BCUT2D eigenvalue weighted by atomic mass is 9.79. The molecule has 7 nitrogen and oxygen atoms in total. The van der Waals surface area contributed by atoms with Gasteiger partial charge in [-0.2, -0.15) is 5.10 Å². The standard InChI is InChI=1S/C20H21F2N7/c21-19(22)9-13(10-19)16-8-18(29-28-16)26-17-5-7-25-20(23,27-17)11-12-2-1-3-15-14(12)4-6-24-15/h1-8,13,24,27H,9-11,23H2,(H2,26,28,29). The van der Waals surface area contributed by atoms with Crippen LogP contribution in [0.2, 0.25) is 0 Å². The van der Waals surface area contributed by atoms with E-state index in [0.717, 1.165) is 16.5 Å². The summed E-state index contributed by atoms with van der Waals surface area (Å²) in [5.41, 5.74) is 9.33. The molecule has 1 aliphatic carbocycles. The van der Waals surface area contributed by atoms with Gasteiger partial charge in [0, 0.05) is 60.3 Å². The largest absolute Gasteiger partial charge is 0.361 e. The summed E-state index contributed by atoms with van der Waals surface area (Å²) in [6, 6.07) is 9.80. The molecule has 150 valence electrons. The predicted molar refractivity (Wildman–Crippen MR) is 108 cm³/mol. The molecule has 1 fully saturated rings. The normalized spacial score (nSPS) is 23.5. The zero-order valence-corrected chi connectivity index (χ0v) is 15.5. The number of aromatic amines is 2. The van der Waals surface area contributed by atoms with Crippen molar-refractivity contribution >= 4 is 22.9 Å². The highest BCUT2D eigenvalue weighted by Gasteiger charge is 2.46. The fourth-order valence-corrected chi connectivity index (χ4v) is 3.94. The van der Waals surface area contributed by atoms with Gasteiger partial charge in [-0.05, 0) is 23.8 Å². The molecule has 2 aliphatic rings. The Morgan fingerprint density at radius 3 is 2.93 bits per heavy atom. The molecule has 9 heteroatoms. The molecule has 5 rings (SSSR count). The first kappa shape index (κ1) is 17.9. The van der Waals surface area contributed by atoms with Crippen LogP contribution in [0.5, 0.6) is 0 Å². The lowest BCUT2D eigenvalue weighted by molar-refractivity contribution is -0.0876. The molecule has 0 spiro atoms. The number of alkyl halides is 2. The topological polar surface area (TPSA) is 107 Å². The molecule has 3 heterocycles. The van der Waals surface area contributed by atoms with E-state index in [4.69, 9.17) is 5.73 Å². The second kappa shape index (κ2) is 6.41. The Morgan fingerprint density at radius 1 is 1.24 bits per heavy atom. The van der Waals surface area contributed by atoms with Gasteiger partial charge in [0.1, 0.15) is 5.82 Å². The fraction of sp³-hybridized carbons (Fsp3) is 0.300. The van der Waals surface area contributed by atoms with Gasteiger partial charge in [-0.25, -0.2) is 8.78 Å². The Morgan fingerprint density at radius 2 is 2.10 bits per heavy atom. The number of fused-ring (bicyclic) bond motifs is 1. The highest BCUT2D eigenvalue weighted by molar-refractivity contribution is 5.83. The smallest absolute Gasteiger partial charge is 0.249 e. The van der Waals surface area contributed by atoms with Crippen LogP contribution < -0.4 is 16.4 Å². The molecule has 1 unspecified atom stereocenters. The summed E-state index contributed by atoms with van der Waals surface area (Å²) in [6.45, 7) is 0. The molecule has 0 bridgehead atoms. The summed E-state index contributed by atoms with van der Waals surface area (Å²) in [7, 11) is 0. The van der Waals surface area contributed by atoms with Crippen LogP contribution in [0.1, 0.15) is 30.0 Å². The number of halogens is 2. The molecular weight excluding hydrogens is 376 g/mol. The van der Waals surface area contributed by atoms with E-state index in [1.165, 1.54) is 0 Å². The van der Waals surface area contributed by atoms with Crippen molar-refractivity contribution in [1.82, 2.24) is 20.5 Å². The molecule has 29 heavy (non-hydrogen) atoms. The first-order chi connectivity index (χ1) is 13.9. The first-order valence-electron chi connectivity index (χ1n) is 9.47. The molecule has 6 N–H and O–H groups in total. The van der Waals surface area contributed by atoms with Crippen molar-refractivity contribution in [1.29, 1.82) is 0 Å². The lowest BCUT2D eigenvalue weighted by Crippen LogP contribution is -2.55. The summed E-state index contributed by atoms with van der Waals surface area (Å²) in [5, 5.41) is 14.5. The number of nitrogens with zero attached hydrogens (tertiary/aromatic N) is 2. The maximum atomic E-state index is 13.1. The second-order valence-corrected chi connectivity index (χ2v) is 7.74. The van der Waals surface area contributed by atoms with E-state index in [2.05, 4.69) is 30.8 Å². The highest BCUT2D eigenvalue weighted by atomic mass is 19.3. The summed E-state index contributed by atoms with van der Waals surface area (Å²) in [4.78, 5) is 7.61. The SMILES string of the molecule is NC1(Cc2cccc3[nH]ccc23)N=CC=C(Nc2cc(C3CC(F)(F)C3)[nH]n2)N1. The summed E-state index contributed by atoms with van der Waals surface area (Å²) in [6.07, 6.45) is 5.51. The number of H-pyrrole nitrogens is 2. The number of nitrogens with two attached hydrogens (primary N) is 1. The number of allylic oxidation sites excluding steroid dienone is 1. The number of hydrogen-bond acceptors (Lipinski definition) is 5. The van der Waals surface area contributed by atoms with Gasteiger partial charge in [0.15, 0.2) is 11.6 Å². The Hall–Kier alpha value is -3.20. The molecule has 1 aliphatic heterocycles. The first-order valence-corrected chi connectivity index (χ1v) is 9.47. The number of benzene rings is 1. The molecule has 1 atom stereocenters. The summed E-state index contributed by atoms with van der Waals surface area (Å²) in [5.74, 6) is -2.58. The van der Waals surface area contributed by atoms with E-state index in [1.807, 2.05) is 30.5 Å². The maximum Gasteiger partial charge on any atom is 0.249 e. The van der Waals surface area contributed by atoms with E-state index in [0.29, 0.717) is 23.8 Å². The number of nitrogens with one attached hydrogen (secondary N) is 4. The predicted octanol–water partition coefficient (Wildman–Crippen LogP) is 3.19. The minimum atomic E-state index is -2.56. The number of hydrogen-bond donors (Lipinski definition) is 5. The van der Waals surface area contributed by atoms with Gasteiger partial charge in [0.25, 0.3) is 0 Å². The second-order valence-electron chi connectivity index (χ2n) is 7.74. The number of aromatic nitrogens is 3.